The summed E-state index contributed by atoms with van der Waals surface area (Å²) in [7, 11) is 3.89. The highest BCUT2D eigenvalue weighted by atomic mass is 32.1. The van der Waals surface area contributed by atoms with Crippen LogP contribution in [-0.4, -0.2) is 34.3 Å². The smallest absolute Gasteiger partial charge is 0.263 e. The maximum Gasteiger partial charge on any atom is 0.263 e. The molecule has 146 valence electrons. The summed E-state index contributed by atoms with van der Waals surface area (Å²) in [6.45, 7) is 2.54. The van der Waals surface area contributed by atoms with Crippen LogP contribution in [0.3, 0.4) is 0 Å². The zero-order chi connectivity index (χ0) is 19.8. The number of hydrogen-bond donors (Lipinski definition) is 0. The Bertz CT molecular complexity index is 1090. The average molecular weight is 396 g/mol. The minimum atomic E-state index is -0.0679. The molecule has 0 bridgehead atoms. The SMILES string of the molecule is Cc1ccc(C(=O)Cn2c(CN(C)C)nc3sc4c(c3c2=O)CCCC4)cc1. The van der Waals surface area contributed by atoms with Crippen molar-refractivity contribution in [1.29, 1.82) is 0 Å². The van der Waals surface area contributed by atoms with Crippen LogP contribution in [0.4, 0.5) is 0 Å². The van der Waals surface area contributed by atoms with Crippen LogP contribution in [0.25, 0.3) is 10.2 Å². The van der Waals surface area contributed by atoms with E-state index >= 15 is 0 Å². The molecule has 0 saturated heterocycles. The summed E-state index contributed by atoms with van der Waals surface area (Å²) in [6, 6.07) is 7.50. The van der Waals surface area contributed by atoms with Gasteiger partial charge >= 0.3 is 0 Å². The number of carbonyl (C=O) groups excluding carboxylic acids is 1. The molecule has 6 heteroatoms. The summed E-state index contributed by atoms with van der Waals surface area (Å²) in [5.74, 6) is 0.592. The minimum Gasteiger partial charge on any atom is -0.302 e. The Hall–Kier alpha value is -2.31. The number of rotatable bonds is 5. The Balaban J connectivity index is 1.82. The van der Waals surface area contributed by atoms with Crippen LogP contribution < -0.4 is 5.56 Å². The number of carbonyl (C=O) groups is 1. The average Bonchev–Trinajstić information content (AvgIpc) is 3.03. The van der Waals surface area contributed by atoms with Gasteiger partial charge in [0.2, 0.25) is 0 Å². The lowest BCUT2D eigenvalue weighted by Crippen LogP contribution is -2.31. The number of aromatic nitrogens is 2. The number of Topliss-reactive ketones (excluding diaryl/α,β-unsaturated/α-hetero) is 1. The maximum absolute atomic E-state index is 13.4. The molecule has 3 aromatic rings. The topological polar surface area (TPSA) is 55.2 Å². The van der Waals surface area contributed by atoms with E-state index in [-0.39, 0.29) is 17.9 Å². The lowest BCUT2D eigenvalue weighted by atomic mass is 9.97. The van der Waals surface area contributed by atoms with Gasteiger partial charge in [0.1, 0.15) is 10.7 Å². The number of nitrogens with zero attached hydrogens (tertiary/aromatic N) is 3. The second-order valence-electron chi connectivity index (χ2n) is 7.84. The van der Waals surface area contributed by atoms with Crippen LogP contribution in [-0.2, 0) is 25.9 Å². The highest BCUT2D eigenvalue weighted by Gasteiger charge is 2.23. The fourth-order valence-corrected chi connectivity index (χ4v) is 5.09. The van der Waals surface area contributed by atoms with Gasteiger partial charge in [0.05, 0.1) is 18.5 Å². The Morgan fingerprint density at radius 3 is 2.61 bits per heavy atom. The molecule has 0 radical (unpaired) electrons. The highest BCUT2D eigenvalue weighted by molar-refractivity contribution is 7.18. The Labute approximate surface area is 168 Å². The van der Waals surface area contributed by atoms with Crippen molar-refractivity contribution >= 4 is 27.3 Å². The molecule has 0 saturated carbocycles. The second-order valence-corrected chi connectivity index (χ2v) is 8.92. The lowest BCUT2D eigenvalue weighted by molar-refractivity contribution is 0.0968. The van der Waals surface area contributed by atoms with Crippen molar-refractivity contribution in [3.05, 3.63) is 62.0 Å². The first-order valence-corrected chi connectivity index (χ1v) is 10.5. The second kappa shape index (κ2) is 7.60. The number of hydrogen-bond acceptors (Lipinski definition) is 5. The number of benzene rings is 1. The zero-order valence-electron chi connectivity index (χ0n) is 16.6. The van der Waals surface area contributed by atoms with Gasteiger partial charge in [0.25, 0.3) is 5.56 Å². The first-order valence-electron chi connectivity index (χ1n) is 9.72. The Morgan fingerprint density at radius 2 is 1.89 bits per heavy atom. The third kappa shape index (κ3) is 3.54. The highest BCUT2D eigenvalue weighted by Crippen LogP contribution is 2.33. The largest absolute Gasteiger partial charge is 0.302 e. The fraction of sp³-hybridized carbons (Fsp3) is 0.409. The number of aryl methyl sites for hydroxylation is 3. The summed E-state index contributed by atoms with van der Waals surface area (Å²) in [6.07, 6.45) is 4.25. The molecule has 0 unspecified atom stereocenters. The van der Waals surface area contributed by atoms with Gasteiger partial charge in [-0.1, -0.05) is 29.8 Å². The molecule has 1 aliphatic carbocycles. The summed E-state index contributed by atoms with van der Waals surface area (Å²) >= 11 is 1.65. The first-order chi connectivity index (χ1) is 13.4. The van der Waals surface area contributed by atoms with E-state index in [9.17, 15) is 9.59 Å². The van der Waals surface area contributed by atoms with Gasteiger partial charge in [-0.05, 0) is 52.3 Å². The van der Waals surface area contributed by atoms with Crippen molar-refractivity contribution in [3.8, 4) is 0 Å². The lowest BCUT2D eigenvalue weighted by Gasteiger charge is -2.16. The molecule has 5 nitrogen and oxygen atoms in total. The van der Waals surface area contributed by atoms with Crippen LogP contribution in [0.15, 0.2) is 29.1 Å². The van der Waals surface area contributed by atoms with E-state index in [2.05, 4.69) is 0 Å². The van der Waals surface area contributed by atoms with Gasteiger partial charge in [-0.25, -0.2) is 4.98 Å². The van der Waals surface area contributed by atoms with Gasteiger partial charge in [-0.3, -0.25) is 14.2 Å². The van der Waals surface area contributed by atoms with Crippen molar-refractivity contribution in [2.24, 2.45) is 0 Å². The van der Waals surface area contributed by atoms with Gasteiger partial charge < -0.3 is 4.90 Å². The first kappa shape index (κ1) is 19.0. The Kier molecular flexibility index (Phi) is 5.17. The van der Waals surface area contributed by atoms with Gasteiger partial charge in [0, 0.05) is 10.4 Å². The molecule has 1 aliphatic rings. The molecule has 0 amide bonds. The van der Waals surface area contributed by atoms with Gasteiger partial charge in [-0.2, -0.15) is 0 Å². The molecule has 1 aromatic carbocycles. The van der Waals surface area contributed by atoms with Crippen molar-refractivity contribution in [1.82, 2.24) is 14.5 Å². The zero-order valence-corrected chi connectivity index (χ0v) is 17.4. The summed E-state index contributed by atoms with van der Waals surface area (Å²) in [5, 5.41) is 0.735. The summed E-state index contributed by atoms with van der Waals surface area (Å²) < 4.78 is 1.59. The number of ketones is 1. The van der Waals surface area contributed by atoms with E-state index in [1.807, 2.05) is 50.2 Å². The molecule has 0 spiro atoms. The summed E-state index contributed by atoms with van der Waals surface area (Å²) in [4.78, 5) is 35.3. The van der Waals surface area contributed by atoms with E-state index in [1.54, 1.807) is 15.9 Å². The minimum absolute atomic E-state index is 0.0264. The molecule has 2 aromatic heterocycles. The molecule has 0 atom stereocenters. The number of thiophene rings is 1. The third-order valence-corrected chi connectivity index (χ3v) is 6.47. The van der Waals surface area contributed by atoms with Crippen molar-refractivity contribution in [2.45, 2.75) is 45.7 Å². The normalized spacial score (nSPS) is 13.9. The van der Waals surface area contributed by atoms with Gasteiger partial charge in [0.15, 0.2) is 5.78 Å². The molecule has 28 heavy (non-hydrogen) atoms. The molecule has 0 N–H and O–H groups in total. The van der Waals surface area contributed by atoms with Crippen LogP contribution in [0.2, 0.25) is 0 Å². The standard InChI is InChI=1S/C22H25N3O2S/c1-14-8-10-15(11-9-14)17(26)12-25-19(13-24(2)3)23-21-20(22(25)27)16-6-4-5-7-18(16)28-21/h8-11H,4-7,12-13H2,1-3H3. The molecular formula is C22H25N3O2S. The fourth-order valence-electron chi connectivity index (χ4n) is 3.82. The predicted molar refractivity (Wildman–Crippen MR) is 113 cm³/mol. The van der Waals surface area contributed by atoms with Crippen LogP contribution >= 0.6 is 11.3 Å². The van der Waals surface area contributed by atoms with Crippen LogP contribution in [0, 0.1) is 6.92 Å². The van der Waals surface area contributed by atoms with E-state index in [0.29, 0.717) is 17.9 Å². The van der Waals surface area contributed by atoms with Crippen molar-refractivity contribution < 1.29 is 4.79 Å². The van der Waals surface area contributed by atoms with Crippen LogP contribution in [0.1, 0.15) is 45.0 Å². The molecular weight excluding hydrogens is 370 g/mol. The van der Waals surface area contributed by atoms with E-state index < -0.39 is 0 Å². The monoisotopic (exact) mass is 395 g/mol. The summed E-state index contributed by atoms with van der Waals surface area (Å²) in [5.41, 5.74) is 2.83. The molecule has 0 aliphatic heterocycles. The molecule has 2 heterocycles. The predicted octanol–water partition coefficient (Wildman–Crippen LogP) is 3.59. The molecule has 4 rings (SSSR count). The van der Waals surface area contributed by atoms with E-state index in [4.69, 9.17) is 4.98 Å². The third-order valence-electron chi connectivity index (χ3n) is 5.29. The Morgan fingerprint density at radius 1 is 1.18 bits per heavy atom. The van der Waals surface area contributed by atoms with Crippen LogP contribution in [0.5, 0.6) is 0 Å². The van der Waals surface area contributed by atoms with Gasteiger partial charge in [-0.15, -0.1) is 11.3 Å². The van der Waals surface area contributed by atoms with E-state index in [1.165, 1.54) is 11.3 Å². The number of fused-ring (bicyclic) bond motifs is 3. The quantitative estimate of drug-likeness (QED) is 0.620. The van der Waals surface area contributed by atoms with E-state index in [0.717, 1.165) is 40.6 Å². The van der Waals surface area contributed by atoms with Crippen molar-refractivity contribution in [3.63, 3.8) is 0 Å². The maximum atomic E-state index is 13.4. The molecule has 0 fully saturated rings. The van der Waals surface area contributed by atoms with Crippen molar-refractivity contribution in [2.75, 3.05) is 14.1 Å².